The molecule has 8 nitrogen and oxygen atoms in total. The fourth-order valence-electron chi connectivity index (χ4n) is 3.65. The van der Waals surface area contributed by atoms with Crippen LogP contribution in [0.2, 0.25) is 0 Å². The van der Waals surface area contributed by atoms with Gasteiger partial charge in [0.05, 0.1) is 12.6 Å². The summed E-state index contributed by atoms with van der Waals surface area (Å²) in [5.74, 6) is 2.09. The van der Waals surface area contributed by atoms with Crippen LogP contribution in [0.1, 0.15) is 37.6 Å². The number of nitrogens with one attached hydrogen (secondary N) is 1. The van der Waals surface area contributed by atoms with E-state index in [2.05, 4.69) is 15.5 Å². The van der Waals surface area contributed by atoms with E-state index in [1.165, 1.54) is 11.3 Å². The Morgan fingerprint density at radius 3 is 2.94 bits per heavy atom. The van der Waals surface area contributed by atoms with Crippen LogP contribution in [0.4, 0.5) is 0 Å². The Labute approximate surface area is 183 Å². The summed E-state index contributed by atoms with van der Waals surface area (Å²) >= 11 is 1.43. The molecular weight excluding hydrogens is 414 g/mol. The van der Waals surface area contributed by atoms with Gasteiger partial charge in [0.2, 0.25) is 11.7 Å². The van der Waals surface area contributed by atoms with Gasteiger partial charge in [0, 0.05) is 25.9 Å². The highest BCUT2D eigenvalue weighted by atomic mass is 32.1. The summed E-state index contributed by atoms with van der Waals surface area (Å²) in [4.78, 5) is 25.1. The lowest BCUT2D eigenvalue weighted by Gasteiger charge is -2.08. The van der Waals surface area contributed by atoms with Crippen molar-refractivity contribution in [1.82, 2.24) is 24.5 Å². The van der Waals surface area contributed by atoms with Crippen molar-refractivity contribution in [3.63, 3.8) is 0 Å². The number of benzene rings is 1. The Balaban J connectivity index is 1.43. The molecule has 0 aliphatic carbocycles. The summed E-state index contributed by atoms with van der Waals surface area (Å²) in [6.07, 6.45) is 2.47. The predicted molar refractivity (Wildman–Crippen MR) is 121 cm³/mol. The molecular formula is C22H25N5O3S. The summed E-state index contributed by atoms with van der Waals surface area (Å²) in [7, 11) is 1.62. The number of methoxy groups -OCH3 is 1. The van der Waals surface area contributed by atoms with Crippen molar-refractivity contribution < 1.29 is 9.53 Å². The molecule has 4 aromatic rings. The maximum absolute atomic E-state index is 12.8. The molecule has 162 valence electrons. The molecule has 3 aromatic heterocycles. The van der Waals surface area contributed by atoms with Crippen LogP contribution < -0.4 is 15.6 Å². The van der Waals surface area contributed by atoms with Crippen LogP contribution in [0.3, 0.4) is 0 Å². The van der Waals surface area contributed by atoms with E-state index in [4.69, 9.17) is 4.74 Å². The van der Waals surface area contributed by atoms with Crippen molar-refractivity contribution in [3.8, 4) is 5.75 Å². The smallest absolute Gasteiger partial charge is 0.272 e. The second kappa shape index (κ2) is 9.30. The maximum atomic E-state index is 12.8. The molecule has 0 aliphatic rings. The van der Waals surface area contributed by atoms with E-state index in [1.54, 1.807) is 11.7 Å². The minimum Gasteiger partial charge on any atom is -0.497 e. The zero-order valence-corrected chi connectivity index (χ0v) is 18.4. The van der Waals surface area contributed by atoms with E-state index in [0.29, 0.717) is 42.8 Å². The van der Waals surface area contributed by atoms with Crippen molar-refractivity contribution in [2.45, 2.75) is 45.7 Å². The van der Waals surface area contributed by atoms with E-state index in [-0.39, 0.29) is 11.5 Å². The van der Waals surface area contributed by atoms with Crippen LogP contribution in [0.5, 0.6) is 5.75 Å². The lowest BCUT2D eigenvalue weighted by Crippen LogP contribution is -2.23. The second-order valence-corrected chi connectivity index (χ2v) is 8.24. The predicted octanol–water partition coefficient (Wildman–Crippen LogP) is 3.16. The highest BCUT2D eigenvalue weighted by Gasteiger charge is 2.17. The van der Waals surface area contributed by atoms with Crippen molar-refractivity contribution in [2.75, 3.05) is 7.11 Å². The minimum absolute atomic E-state index is 0.0137. The molecule has 1 aromatic carbocycles. The van der Waals surface area contributed by atoms with Gasteiger partial charge in [-0.15, -0.1) is 21.5 Å². The van der Waals surface area contributed by atoms with Gasteiger partial charge in [-0.2, -0.15) is 0 Å². The largest absolute Gasteiger partial charge is 0.497 e. The Morgan fingerprint density at radius 1 is 1.26 bits per heavy atom. The first-order valence-electron chi connectivity index (χ1n) is 10.4. The van der Waals surface area contributed by atoms with Gasteiger partial charge in [-0.1, -0.05) is 19.1 Å². The quantitative estimate of drug-likeness (QED) is 0.433. The standard InChI is InChI=1S/C22H25N5O3S/c1-3-11-26-21(29)20-17(10-12-31-20)27-18(24-25-22(26)27)8-5-9-19(28)23-14-15-6-4-7-16(13-15)30-2/h4,6-7,10,12-13H,3,5,8-9,11,14H2,1-2H3,(H,23,28). The van der Waals surface area contributed by atoms with Gasteiger partial charge in [-0.05, 0) is 42.0 Å². The van der Waals surface area contributed by atoms with Crippen molar-refractivity contribution in [2.24, 2.45) is 0 Å². The van der Waals surface area contributed by atoms with Crippen molar-refractivity contribution in [3.05, 3.63) is 57.5 Å². The first-order valence-corrected chi connectivity index (χ1v) is 11.2. The summed E-state index contributed by atoms with van der Waals surface area (Å²) in [6, 6.07) is 9.56. The van der Waals surface area contributed by atoms with Crippen LogP contribution >= 0.6 is 11.3 Å². The first kappa shape index (κ1) is 21.0. The molecule has 0 spiro atoms. The van der Waals surface area contributed by atoms with Gasteiger partial charge in [0.15, 0.2) is 0 Å². The third-order valence-corrected chi connectivity index (χ3v) is 6.05. The summed E-state index contributed by atoms with van der Waals surface area (Å²) < 4.78 is 9.56. The molecule has 0 aliphatic heterocycles. The average molecular weight is 440 g/mol. The lowest BCUT2D eigenvalue weighted by atomic mass is 10.2. The van der Waals surface area contributed by atoms with Crippen LogP contribution in [-0.4, -0.2) is 32.2 Å². The Morgan fingerprint density at radius 2 is 2.13 bits per heavy atom. The van der Waals surface area contributed by atoms with Gasteiger partial charge in [0.25, 0.3) is 5.56 Å². The van der Waals surface area contributed by atoms with Gasteiger partial charge in [0.1, 0.15) is 16.3 Å². The fourth-order valence-corrected chi connectivity index (χ4v) is 4.47. The van der Waals surface area contributed by atoms with E-state index in [0.717, 1.165) is 29.1 Å². The van der Waals surface area contributed by atoms with E-state index in [1.807, 2.05) is 47.0 Å². The number of fused-ring (bicyclic) bond motifs is 3. The number of ether oxygens (including phenoxy) is 1. The molecule has 1 N–H and O–H groups in total. The zero-order valence-electron chi connectivity index (χ0n) is 17.6. The first-order chi connectivity index (χ1) is 15.1. The molecule has 0 bridgehead atoms. The molecule has 0 atom stereocenters. The highest BCUT2D eigenvalue weighted by Crippen LogP contribution is 2.20. The molecule has 31 heavy (non-hydrogen) atoms. The van der Waals surface area contributed by atoms with E-state index in [9.17, 15) is 9.59 Å². The number of carbonyl (C=O) groups is 1. The molecule has 4 rings (SSSR count). The number of thiophene rings is 1. The number of hydrogen-bond donors (Lipinski definition) is 1. The van der Waals surface area contributed by atoms with E-state index >= 15 is 0 Å². The maximum Gasteiger partial charge on any atom is 0.272 e. The van der Waals surface area contributed by atoms with Crippen LogP contribution in [0, 0.1) is 0 Å². The van der Waals surface area contributed by atoms with Crippen LogP contribution in [0.15, 0.2) is 40.5 Å². The summed E-state index contributed by atoms with van der Waals surface area (Å²) in [5, 5.41) is 13.5. The molecule has 0 saturated carbocycles. The summed E-state index contributed by atoms with van der Waals surface area (Å²) in [6.45, 7) is 3.09. The zero-order chi connectivity index (χ0) is 21.8. The van der Waals surface area contributed by atoms with Crippen LogP contribution in [0.25, 0.3) is 16.0 Å². The van der Waals surface area contributed by atoms with Crippen molar-refractivity contribution in [1.29, 1.82) is 0 Å². The van der Waals surface area contributed by atoms with Gasteiger partial charge >= 0.3 is 0 Å². The summed E-state index contributed by atoms with van der Waals surface area (Å²) in [5.41, 5.74) is 1.81. The second-order valence-electron chi connectivity index (χ2n) is 7.33. The third kappa shape index (κ3) is 4.32. The fraction of sp³-hybridized carbons (Fsp3) is 0.364. The highest BCUT2D eigenvalue weighted by molar-refractivity contribution is 7.17. The Bertz CT molecular complexity index is 1270. The van der Waals surface area contributed by atoms with Gasteiger partial charge in [-0.3, -0.25) is 18.6 Å². The Kier molecular flexibility index (Phi) is 6.31. The molecule has 0 saturated heterocycles. The van der Waals surface area contributed by atoms with Gasteiger partial charge in [-0.25, -0.2) is 0 Å². The number of amides is 1. The molecule has 9 heteroatoms. The Hall–Kier alpha value is -3.20. The van der Waals surface area contributed by atoms with Crippen LogP contribution in [-0.2, 0) is 24.3 Å². The number of aromatic nitrogens is 4. The number of aryl methyl sites for hydroxylation is 2. The lowest BCUT2D eigenvalue weighted by molar-refractivity contribution is -0.121. The molecule has 0 radical (unpaired) electrons. The molecule has 3 heterocycles. The number of hydrogen-bond acceptors (Lipinski definition) is 6. The number of carbonyl (C=O) groups excluding carboxylic acids is 1. The molecule has 0 fully saturated rings. The van der Waals surface area contributed by atoms with Gasteiger partial charge < -0.3 is 10.1 Å². The minimum atomic E-state index is -0.0183. The van der Waals surface area contributed by atoms with Crippen molar-refractivity contribution >= 4 is 33.2 Å². The number of rotatable bonds is 9. The third-order valence-electron chi connectivity index (χ3n) is 5.15. The average Bonchev–Trinajstić information content (AvgIpc) is 3.43. The monoisotopic (exact) mass is 439 g/mol. The molecule has 1 amide bonds. The van der Waals surface area contributed by atoms with E-state index < -0.39 is 0 Å². The normalized spacial score (nSPS) is 11.3. The topological polar surface area (TPSA) is 90.5 Å². The number of nitrogens with zero attached hydrogens (tertiary/aromatic N) is 4. The SMILES string of the molecule is CCCn1c(=O)c2sccc2n2c(CCCC(=O)NCc3cccc(OC)c3)nnc12. The molecule has 0 unspecified atom stereocenters.